The van der Waals surface area contributed by atoms with Gasteiger partial charge in [-0.15, -0.1) is 0 Å². The van der Waals surface area contributed by atoms with Crippen molar-refractivity contribution in [2.45, 2.75) is 98.5 Å². The zero-order valence-electron chi connectivity index (χ0n) is 28.5. The lowest BCUT2D eigenvalue weighted by Crippen LogP contribution is -2.34. The summed E-state index contributed by atoms with van der Waals surface area (Å²) in [6.07, 6.45) is 1.94. The van der Waals surface area contributed by atoms with E-state index in [0.717, 1.165) is 35.5 Å². The fourth-order valence-corrected chi connectivity index (χ4v) is 5.28. The molecule has 8 heteroatoms. The standard InChI is InChI=1S/C38H49FN2O5/c1-9-41(23-26-17-18-26)30-20-27(24-44-33-16-11-10-13-28(33)22-34(42)45-37(3,4)5)19-29(21-30)32-15-12-14-31(35(32)39)25(2)40-36(43)46-38(6,7)8/h10-16,19-21,25-26H,9,17-18,22-24H2,1-8H3,(H,40,43). The van der Waals surface area contributed by atoms with Crippen molar-refractivity contribution in [2.75, 3.05) is 18.0 Å². The molecule has 1 atom stereocenters. The fourth-order valence-electron chi connectivity index (χ4n) is 5.28. The van der Waals surface area contributed by atoms with Crippen LogP contribution in [0, 0.1) is 11.7 Å². The third kappa shape index (κ3) is 10.2. The smallest absolute Gasteiger partial charge is 0.408 e. The molecule has 248 valence electrons. The molecule has 1 aliphatic carbocycles. The Morgan fingerprint density at radius 3 is 2.30 bits per heavy atom. The molecule has 4 rings (SSSR count). The molecule has 1 fully saturated rings. The summed E-state index contributed by atoms with van der Waals surface area (Å²) in [5.74, 6) is 0.545. The molecule has 7 nitrogen and oxygen atoms in total. The number of nitrogens with zero attached hydrogens (tertiary/aromatic N) is 1. The number of hydrogen-bond donors (Lipinski definition) is 1. The number of esters is 1. The zero-order valence-corrected chi connectivity index (χ0v) is 28.5. The van der Waals surface area contributed by atoms with Gasteiger partial charge in [0, 0.05) is 35.5 Å². The van der Waals surface area contributed by atoms with Gasteiger partial charge in [-0.1, -0.05) is 36.4 Å². The number of nitrogens with one attached hydrogen (secondary N) is 1. The van der Waals surface area contributed by atoms with Crippen molar-refractivity contribution < 1.29 is 28.2 Å². The summed E-state index contributed by atoms with van der Waals surface area (Å²) in [5, 5.41) is 2.76. The summed E-state index contributed by atoms with van der Waals surface area (Å²) >= 11 is 0. The lowest BCUT2D eigenvalue weighted by atomic mass is 9.97. The molecule has 46 heavy (non-hydrogen) atoms. The van der Waals surface area contributed by atoms with Crippen molar-refractivity contribution in [2.24, 2.45) is 5.92 Å². The first-order valence-electron chi connectivity index (χ1n) is 16.2. The molecule has 1 saturated carbocycles. The van der Waals surface area contributed by atoms with Gasteiger partial charge >= 0.3 is 12.1 Å². The molecule has 0 spiro atoms. The molecule has 0 radical (unpaired) electrons. The second-order valence-corrected chi connectivity index (χ2v) is 14.1. The van der Waals surface area contributed by atoms with E-state index in [1.165, 1.54) is 12.8 Å². The number of amides is 1. The quantitative estimate of drug-likeness (QED) is 0.201. The Labute approximate surface area is 273 Å². The number of alkyl carbamates (subject to hydrolysis) is 1. The Morgan fingerprint density at radius 2 is 1.65 bits per heavy atom. The highest BCUT2D eigenvalue weighted by Crippen LogP contribution is 2.35. The first-order chi connectivity index (χ1) is 21.6. The monoisotopic (exact) mass is 632 g/mol. The number of carbonyl (C=O) groups excluding carboxylic acids is 2. The highest BCUT2D eigenvalue weighted by atomic mass is 19.1. The van der Waals surface area contributed by atoms with E-state index in [-0.39, 0.29) is 19.0 Å². The molecule has 3 aromatic rings. The fraction of sp³-hybridized carbons (Fsp3) is 0.474. The zero-order chi connectivity index (χ0) is 33.6. The Balaban J connectivity index is 1.64. The Morgan fingerprint density at radius 1 is 0.957 bits per heavy atom. The molecule has 1 amide bonds. The first-order valence-corrected chi connectivity index (χ1v) is 16.2. The molecule has 0 saturated heterocycles. The van der Waals surface area contributed by atoms with Gasteiger partial charge in [0.1, 0.15) is 29.4 Å². The molecule has 0 heterocycles. The molecule has 0 bridgehead atoms. The summed E-state index contributed by atoms with van der Waals surface area (Å²) in [7, 11) is 0. The van der Waals surface area contributed by atoms with Crippen LogP contribution in [0.2, 0.25) is 0 Å². The second kappa shape index (κ2) is 14.6. The lowest BCUT2D eigenvalue weighted by molar-refractivity contribution is -0.153. The SMILES string of the molecule is CCN(CC1CC1)c1cc(COc2ccccc2CC(=O)OC(C)(C)C)cc(-c2cccc(C(C)NC(=O)OC(C)(C)C)c2F)c1. The van der Waals surface area contributed by atoms with Crippen molar-refractivity contribution >= 4 is 17.7 Å². The number of rotatable bonds is 12. The Bertz CT molecular complexity index is 1520. The van der Waals surface area contributed by atoms with Crippen LogP contribution in [-0.4, -0.2) is 36.4 Å². The van der Waals surface area contributed by atoms with Gasteiger partial charge in [-0.2, -0.15) is 0 Å². The minimum absolute atomic E-state index is 0.0945. The summed E-state index contributed by atoms with van der Waals surface area (Å²) in [4.78, 5) is 27.3. The van der Waals surface area contributed by atoms with E-state index in [1.54, 1.807) is 45.9 Å². The van der Waals surface area contributed by atoms with Gasteiger partial charge < -0.3 is 24.4 Å². The van der Waals surface area contributed by atoms with Gasteiger partial charge in [-0.3, -0.25) is 4.79 Å². The van der Waals surface area contributed by atoms with Gasteiger partial charge in [-0.25, -0.2) is 9.18 Å². The van der Waals surface area contributed by atoms with Crippen LogP contribution in [0.4, 0.5) is 14.9 Å². The second-order valence-electron chi connectivity index (χ2n) is 14.1. The molecular weight excluding hydrogens is 583 g/mol. The molecule has 3 aromatic carbocycles. The van der Waals surface area contributed by atoms with E-state index >= 15 is 4.39 Å². The number of ether oxygens (including phenoxy) is 3. The maximum atomic E-state index is 16.2. The van der Waals surface area contributed by atoms with Crippen molar-refractivity contribution in [1.29, 1.82) is 0 Å². The third-order valence-electron chi connectivity index (χ3n) is 7.56. The first kappa shape index (κ1) is 34.8. The van der Waals surface area contributed by atoms with Crippen molar-refractivity contribution in [1.82, 2.24) is 5.32 Å². The van der Waals surface area contributed by atoms with E-state index < -0.39 is 29.2 Å². The minimum atomic E-state index is -0.662. The van der Waals surface area contributed by atoms with Crippen LogP contribution in [0.5, 0.6) is 5.75 Å². The van der Waals surface area contributed by atoms with Gasteiger partial charge in [0.25, 0.3) is 0 Å². The van der Waals surface area contributed by atoms with Crippen LogP contribution in [-0.2, 0) is 27.3 Å². The molecule has 1 unspecified atom stereocenters. The highest BCUT2D eigenvalue weighted by molar-refractivity contribution is 5.74. The number of para-hydroxylation sites is 1. The van der Waals surface area contributed by atoms with Crippen LogP contribution in [0.25, 0.3) is 11.1 Å². The van der Waals surface area contributed by atoms with E-state index in [9.17, 15) is 9.59 Å². The predicted molar refractivity (Wildman–Crippen MR) is 181 cm³/mol. The van der Waals surface area contributed by atoms with Gasteiger partial charge in [0.05, 0.1) is 12.5 Å². The summed E-state index contributed by atoms with van der Waals surface area (Å²) < 4.78 is 33.4. The largest absolute Gasteiger partial charge is 0.489 e. The van der Waals surface area contributed by atoms with E-state index in [0.29, 0.717) is 22.8 Å². The average molecular weight is 633 g/mol. The third-order valence-corrected chi connectivity index (χ3v) is 7.56. The van der Waals surface area contributed by atoms with Crippen molar-refractivity contribution in [3.8, 4) is 16.9 Å². The number of carbonyl (C=O) groups is 2. The maximum Gasteiger partial charge on any atom is 0.408 e. The number of hydrogen-bond acceptors (Lipinski definition) is 6. The minimum Gasteiger partial charge on any atom is -0.489 e. The molecule has 1 aliphatic rings. The average Bonchev–Trinajstić information content (AvgIpc) is 3.77. The molecule has 0 aliphatic heterocycles. The van der Waals surface area contributed by atoms with Crippen LogP contribution in [0.1, 0.15) is 91.0 Å². The number of benzene rings is 3. The Hall–Kier alpha value is -4.07. The van der Waals surface area contributed by atoms with E-state index in [1.807, 2.05) is 57.2 Å². The molecular formula is C38H49FN2O5. The summed E-state index contributed by atoms with van der Waals surface area (Å²) in [6, 6.07) is 18.2. The van der Waals surface area contributed by atoms with Gasteiger partial charge in [0.15, 0.2) is 0 Å². The number of anilines is 1. The Kier molecular flexibility index (Phi) is 11.0. The van der Waals surface area contributed by atoms with Crippen LogP contribution in [0.15, 0.2) is 60.7 Å². The topological polar surface area (TPSA) is 77.1 Å². The van der Waals surface area contributed by atoms with E-state index in [4.69, 9.17) is 14.2 Å². The van der Waals surface area contributed by atoms with Crippen LogP contribution >= 0.6 is 0 Å². The van der Waals surface area contributed by atoms with Gasteiger partial charge in [-0.05, 0) is 110 Å². The summed E-state index contributed by atoms with van der Waals surface area (Å²) in [5.41, 5.74) is 2.89. The number of halogens is 1. The lowest BCUT2D eigenvalue weighted by Gasteiger charge is -2.25. The molecule has 0 aromatic heterocycles. The van der Waals surface area contributed by atoms with Crippen molar-refractivity contribution in [3.05, 3.63) is 83.2 Å². The van der Waals surface area contributed by atoms with Crippen LogP contribution in [0.3, 0.4) is 0 Å². The van der Waals surface area contributed by atoms with Crippen molar-refractivity contribution in [3.63, 3.8) is 0 Å². The maximum absolute atomic E-state index is 16.2. The van der Waals surface area contributed by atoms with Crippen LogP contribution < -0.4 is 15.0 Å². The molecule has 1 N–H and O–H groups in total. The highest BCUT2D eigenvalue weighted by Gasteiger charge is 2.25. The normalized spacial score (nSPS) is 13.9. The van der Waals surface area contributed by atoms with Gasteiger partial charge in [0.2, 0.25) is 0 Å². The predicted octanol–water partition coefficient (Wildman–Crippen LogP) is 8.78. The summed E-state index contributed by atoms with van der Waals surface area (Å²) in [6.45, 7) is 16.8. The van der Waals surface area contributed by atoms with E-state index in [2.05, 4.69) is 23.2 Å².